The van der Waals surface area contributed by atoms with Crippen LogP contribution in [0.5, 0.6) is 0 Å². The molecular weight excluding hydrogens is 170 g/mol. The molecule has 1 aliphatic rings. The van der Waals surface area contributed by atoms with Crippen LogP contribution < -0.4 is 0 Å². The number of unbranched alkanes of at least 4 members (excludes halogenated alkanes) is 1. The van der Waals surface area contributed by atoms with Crippen LogP contribution in [0.25, 0.3) is 0 Å². The summed E-state index contributed by atoms with van der Waals surface area (Å²) in [5, 5.41) is 8.81. The van der Waals surface area contributed by atoms with Crippen LogP contribution in [0, 0.1) is 0 Å². The Hall–Kier alpha value is -1.06. The van der Waals surface area contributed by atoms with Crippen LogP contribution >= 0.6 is 0 Å². The van der Waals surface area contributed by atoms with Crippen molar-refractivity contribution in [3.63, 3.8) is 0 Å². The van der Waals surface area contributed by atoms with E-state index in [1.807, 2.05) is 6.92 Å². The highest BCUT2D eigenvalue weighted by atomic mass is 16.4. The molecule has 1 aliphatic heterocycles. The third-order valence-electron chi connectivity index (χ3n) is 2.37. The molecule has 0 aromatic rings. The molecule has 1 amide bonds. The molecule has 4 nitrogen and oxygen atoms in total. The molecule has 0 aliphatic carbocycles. The van der Waals surface area contributed by atoms with Crippen LogP contribution in [-0.2, 0) is 9.59 Å². The molecule has 0 aromatic heterocycles. The van der Waals surface area contributed by atoms with E-state index in [9.17, 15) is 9.59 Å². The lowest BCUT2D eigenvalue weighted by Crippen LogP contribution is -2.39. The Morgan fingerprint density at radius 2 is 2.38 bits per heavy atom. The van der Waals surface area contributed by atoms with Crippen LogP contribution in [0.2, 0.25) is 0 Å². The molecule has 0 spiro atoms. The molecule has 13 heavy (non-hydrogen) atoms. The van der Waals surface area contributed by atoms with E-state index < -0.39 is 12.0 Å². The predicted molar refractivity (Wildman–Crippen MR) is 47.3 cm³/mol. The van der Waals surface area contributed by atoms with Crippen molar-refractivity contribution in [3.8, 4) is 0 Å². The maximum atomic E-state index is 11.3. The van der Waals surface area contributed by atoms with Crippen molar-refractivity contribution >= 4 is 11.9 Å². The Kier molecular flexibility index (Phi) is 3.28. The Morgan fingerprint density at radius 3 is 2.92 bits per heavy atom. The molecule has 1 N–H and O–H groups in total. The SMILES string of the molecule is CCCCN1C(=O)CCC1C(=O)O. The summed E-state index contributed by atoms with van der Waals surface area (Å²) < 4.78 is 0. The molecule has 1 rings (SSSR count). The maximum absolute atomic E-state index is 11.3. The molecule has 1 heterocycles. The van der Waals surface area contributed by atoms with Gasteiger partial charge in [-0.1, -0.05) is 13.3 Å². The number of aliphatic carboxylic acids is 1. The molecule has 74 valence electrons. The number of carbonyl (C=O) groups is 2. The van der Waals surface area contributed by atoms with Gasteiger partial charge in [-0.05, 0) is 12.8 Å². The molecule has 0 bridgehead atoms. The number of likely N-dealkylation sites (tertiary alicyclic amines) is 1. The van der Waals surface area contributed by atoms with Gasteiger partial charge >= 0.3 is 5.97 Å². The molecular formula is C9H15NO3. The van der Waals surface area contributed by atoms with Crippen molar-refractivity contribution in [2.45, 2.75) is 38.6 Å². The van der Waals surface area contributed by atoms with Gasteiger partial charge in [0.05, 0.1) is 0 Å². The smallest absolute Gasteiger partial charge is 0.326 e. The third kappa shape index (κ3) is 2.20. The van der Waals surface area contributed by atoms with E-state index in [1.54, 1.807) is 0 Å². The summed E-state index contributed by atoms with van der Waals surface area (Å²) in [6.07, 6.45) is 2.73. The zero-order chi connectivity index (χ0) is 9.84. The largest absolute Gasteiger partial charge is 0.480 e. The number of nitrogens with zero attached hydrogens (tertiary/aromatic N) is 1. The van der Waals surface area contributed by atoms with Gasteiger partial charge < -0.3 is 10.0 Å². The molecule has 1 atom stereocenters. The normalized spacial score (nSPS) is 22.4. The zero-order valence-electron chi connectivity index (χ0n) is 7.82. The third-order valence-corrected chi connectivity index (χ3v) is 2.37. The molecule has 1 fully saturated rings. The first-order valence-corrected chi connectivity index (χ1v) is 4.69. The van der Waals surface area contributed by atoms with Gasteiger partial charge in [-0.25, -0.2) is 4.79 Å². The lowest BCUT2D eigenvalue weighted by atomic mass is 10.2. The van der Waals surface area contributed by atoms with Crippen molar-refractivity contribution in [2.75, 3.05) is 6.54 Å². The van der Waals surface area contributed by atoms with Crippen molar-refractivity contribution in [3.05, 3.63) is 0 Å². The summed E-state index contributed by atoms with van der Waals surface area (Å²) in [7, 11) is 0. The average molecular weight is 185 g/mol. The molecule has 0 aromatic carbocycles. The topological polar surface area (TPSA) is 57.6 Å². The van der Waals surface area contributed by atoms with Crippen molar-refractivity contribution in [1.82, 2.24) is 4.90 Å². The number of amides is 1. The quantitative estimate of drug-likeness (QED) is 0.706. The summed E-state index contributed by atoms with van der Waals surface area (Å²) in [5.74, 6) is -0.886. The van der Waals surface area contributed by atoms with E-state index in [1.165, 1.54) is 4.90 Å². The van der Waals surface area contributed by atoms with Gasteiger partial charge in [-0.15, -0.1) is 0 Å². The number of carbonyl (C=O) groups excluding carboxylic acids is 1. The Labute approximate surface area is 77.5 Å². The van der Waals surface area contributed by atoms with E-state index in [4.69, 9.17) is 5.11 Å². The van der Waals surface area contributed by atoms with Gasteiger partial charge in [0.2, 0.25) is 5.91 Å². The number of carboxylic acid groups (broad SMARTS) is 1. The number of hydrogen-bond acceptors (Lipinski definition) is 2. The number of hydrogen-bond donors (Lipinski definition) is 1. The van der Waals surface area contributed by atoms with Crippen LogP contribution in [0.3, 0.4) is 0 Å². The molecule has 0 saturated carbocycles. The fourth-order valence-corrected chi connectivity index (χ4v) is 1.60. The van der Waals surface area contributed by atoms with Crippen LogP contribution in [-0.4, -0.2) is 34.5 Å². The van der Waals surface area contributed by atoms with E-state index in [-0.39, 0.29) is 5.91 Å². The highest BCUT2D eigenvalue weighted by molar-refractivity contribution is 5.87. The van der Waals surface area contributed by atoms with E-state index >= 15 is 0 Å². The predicted octanol–water partition coefficient (Wildman–Crippen LogP) is 0.862. The monoisotopic (exact) mass is 185 g/mol. The van der Waals surface area contributed by atoms with Gasteiger partial charge in [0, 0.05) is 13.0 Å². The minimum Gasteiger partial charge on any atom is -0.480 e. The summed E-state index contributed by atoms with van der Waals surface area (Å²) in [6.45, 7) is 2.61. The Balaban J connectivity index is 2.55. The lowest BCUT2D eigenvalue weighted by molar-refractivity contribution is -0.146. The second-order valence-electron chi connectivity index (χ2n) is 3.33. The minimum atomic E-state index is -0.873. The summed E-state index contributed by atoms with van der Waals surface area (Å²) in [5.41, 5.74) is 0. The van der Waals surface area contributed by atoms with Crippen molar-refractivity contribution in [1.29, 1.82) is 0 Å². The second kappa shape index (κ2) is 4.25. The van der Waals surface area contributed by atoms with Gasteiger partial charge in [0.15, 0.2) is 0 Å². The number of carboxylic acids is 1. The molecule has 4 heteroatoms. The average Bonchev–Trinajstić information content (AvgIpc) is 2.43. The fourth-order valence-electron chi connectivity index (χ4n) is 1.60. The zero-order valence-corrected chi connectivity index (χ0v) is 7.82. The van der Waals surface area contributed by atoms with E-state index in [2.05, 4.69) is 0 Å². The van der Waals surface area contributed by atoms with Crippen molar-refractivity contribution in [2.24, 2.45) is 0 Å². The van der Waals surface area contributed by atoms with Gasteiger partial charge in [0.25, 0.3) is 0 Å². The Morgan fingerprint density at radius 1 is 1.69 bits per heavy atom. The van der Waals surface area contributed by atoms with Crippen LogP contribution in [0.15, 0.2) is 0 Å². The standard InChI is InChI=1S/C9H15NO3/c1-2-3-6-10-7(9(12)13)4-5-8(10)11/h7H,2-6H2,1H3,(H,12,13). The molecule has 1 saturated heterocycles. The van der Waals surface area contributed by atoms with Crippen molar-refractivity contribution < 1.29 is 14.7 Å². The molecule has 1 unspecified atom stereocenters. The van der Waals surface area contributed by atoms with Crippen LogP contribution in [0.4, 0.5) is 0 Å². The van der Waals surface area contributed by atoms with E-state index in [0.29, 0.717) is 19.4 Å². The van der Waals surface area contributed by atoms with Gasteiger partial charge in [-0.2, -0.15) is 0 Å². The number of rotatable bonds is 4. The molecule has 0 radical (unpaired) electrons. The summed E-state index contributed by atoms with van der Waals surface area (Å²) >= 11 is 0. The minimum absolute atomic E-state index is 0.0131. The summed E-state index contributed by atoms with van der Waals surface area (Å²) in [4.78, 5) is 23.5. The first-order chi connectivity index (χ1) is 6.16. The first kappa shape index (κ1) is 10.0. The van der Waals surface area contributed by atoms with Gasteiger partial charge in [0.1, 0.15) is 6.04 Å². The highest BCUT2D eigenvalue weighted by Crippen LogP contribution is 2.19. The fraction of sp³-hybridized carbons (Fsp3) is 0.778. The van der Waals surface area contributed by atoms with Gasteiger partial charge in [-0.3, -0.25) is 4.79 Å². The summed E-state index contributed by atoms with van der Waals surface area (Å²) in [6, 6.07) is -0.570. The Bertz CT molecular complexity index is 215. The lowest BCUT2D eigenvalue weighted by Gasteiger charge is -2.20. The second-order valence-corrected chi connectivity index (χ2v) is 3.33. The first-order valence-electron chi connectivity index (χ1n) is 4.69. The highest BCUT2D eigenvalue weighted by Gasteiger charge is 2.35. The maximum Gasteiger partial charge on any atom is 0.326 e. The van der Waals surface area contributed by atoms with E-state index in [0.717, 1.165) is 12.8 Å². The van der Waals surface area contributed by atoms with Crippen LogP contribution in [0.1, 0.15) is 32.6 Å².